The minimum Gasteiger partial charge on any atom is -0.493 e. The SMILES string of the molecule is COc1cc(Cl)c(C=NN=C(N)N)cc1OC. The topological polar surface area (TPSA) is 95.2 Å². The minimum atomic E-state index is -0.127. The first-order chi connectivity index (χ1) is 8.08. The molecule has 0 bridgehead atoms. The van der Waals surface area contributed by atoms with Crippen molar-refractivity contribution in [2.45, 2.75) is 0 Å². The molecule has 0 atom stereocenters. The summed E-state index contributed by atoms with van der Waals surface area (Å²) in [6, 6.07) is 3.30. The highest BCUT2D eigenvalue weighted by Crippen LogP contribution is 2.32. The molecule has 0 fully saturated rings. The number of guanidine groups is 1. The molecule has 0 unspecified atom stereocenters. The van der Waals surface area contributed by atoms with Crippen molar-refractivity contribution in [3.63, 3.8) is 0 Å². The molecule has 6 nitrogen and oxygen atoms in total. The lowest BCUT2D eigenvalue weighted by Crippen LogP contribution is -2.21. The van der Waals surface area contributed by atoms with Gasteiger partial charge in [-0.05, 0) is 6.07 Å². The van der Waals surface area contributed by atoms with Crippen LogP contribution >= 0.6 is 11.6 Å². The fraction of sp³-hybridized carbons (Fsp3) is 0.200. The number of methoxy groups -OCH3 is 2. The van der Waals surface area contributed by atoms with E-state index in [-0.39, 0.29) is 5.96 Å². The summed E-state index contributed by atoms with van der Waals surface area (Å²) in [4.78, 5) is 0. The van der Waals surface area contributed by atoms with Crippen molar-refractivity contribution in [3.05, 3.63) is 22.7 Å². The molecule has 0 aromatic heterocycles. The molecule has 0 aliphatic rings. The average Bonchev–Trinajstić information content (AvgIpc) is 2.30. The van der Waals surface area contributed by atoms with Gasteiger partial charge in [0.2, 0.25) is 5.96 Å². The zero-order valence-electron chi connectivity index (χ0n) is 9.48. The van der Waals surface area contributed by atoms with Crippen molar-refractivity contribution in [1.82, 2.24) is 0 Å². The minimum absolute atomic E-state index is 0.127. The first-order valence-electron chi connectivity index (χ1n) is 4.62. The third kappa shape index (κ3) is 3.53. The fourth-order valence-corrected chi connectivity index (χ4v) is 1.33. The van der Waals surface area contributed by atoms with Crippen molar-refractivity contribution in [2.75, 3.05) is 14.2 Å². The van der Waals surface area contributed by atoms with Gasteiger partial charge in [-0.2, -0.15) is 5.10 Å². The Morgan fingerprint density at radius 3 is 2.35 bits per heavy atom. The van der Waals surface area contributed by atoms with Gasteiger partial charge in [-0.15, -0.1) is 5.10 Å². The van der Waals surface area contributed by atoms with E-state index in [9.17, 15) is 0 Å². The second kappa shape index (κ2) is 5.95. The Labute approximate surface area is 104 Å². The molecule has 1 aromatic rings. The predicted octanol–water partition coefficient (Wildman–Crippen LogP) is 0.965. The highest BCUT2D eigenvalue weighted by Gasteiger charge is 2.08. The van der Waals surface area contributed by atoms with Gasteiger partial charge in [0.1, 0.15) is 0 Å². The molecule has 0 heterocycles. The number of benzene rings is 1. The number of nitrogens with zero attached hydrogens (tertiary/aromatic N) is 2. The second-order valence-electron chi connectivity index (χ2n) is 3.00. The zero-order valence-corrected chi connectivity index (χ0v) is 10.2. The Balaban J connectivity index is 3.09. The van der Waals surface area contributed by atoms with Crippen LogP contribution in [0.15, 0.2) is 22.3 Å². The molecule has 1 rings (SSSR count). The van der Waals surface area contributed by atoms with Gasteiger partial charge < -0.3 is 20.9 Å². The highest BCUT2D eigenvalue weighted by molar-refractivity contribution is 6.33. The summed E-state index contributed by atoms with van der Waals surface area (Å²) in [6.07, 6.45) is 1.42. The largest absolute Gasteiger partial charge is 0.493 e. The third-order valence-corrected chi connectivity index (χ3v) is 2.20. The molecule has 0 aliphatic carbocycles. The first-order valence-corrected chi connectivity index (χ1v) is 4.99. The zero-order chi connectivity index (χ0) is 12.8. The average molecular weight is 257 g/mol. The highest BCUT2D eigenvalue weighted by atomic mass is 35.5. The van der Waals surface area contributed by atoms with Gasteiger partial charge in [-0.3, -0.25) is 0 Å². The number of ether oxygens (including phenoxy) is 2. The van der Waals surface area contributed by atoms with Crippen LogP contribution < -0.4 is 20.9 Å². The maximum atomic E-state index is 6.01. The predicted molar refractivity (Wildman–Crippen MR) is 68.0 cm³/mol. The fourth-order valence-electron chi connectivity index (χ4n) is 1.13. The molecule has 0 radical (unpaired) electrons. The summed E-state index contributed by atoms with van der Waals surface area (Å²) < 4.78 is 10.2. The van der Waals surface area contributed by atoms with E-state index in [1.54, 1.807) is 12.1 Å². The number of halogens is 1. The quantitative estimate of drug-likeness (QED) is 0.477. The summed E-state index contributed by atoms with van der Waals surface area (Å²) in [5.41, 5.74) is 10.9. The maximum Gasteiger partial charge on any atom is 0.211 e. The van der Waals surface area contributed by atoms with Crippen molar-refractivity contribution >= 4 is 23.8 Å². The van der Waals surface area contributed by atoms with Gasteiger partial charge in [0, 0.05) is 11.6 Å². The van der Waals surface area contributed by atoms with Gasteiger partial charge in [0.25, 0.3) is 0 Å². The van der Waals surface area contributed by atoms with Crippen LogP contribution in [0.5, 0.6) is 11.5 Å². The van der Waals surface area contributed by atoms with Gasteiger partial charge in [0.15, 0.2) is 11.5 Å². The van der Waals surface area contributed by atoms with E-state index in [2.05, 4.69) is 10.2 Å². The second-order valence-corrected chi connectivity index (χ2v) is 3.41. The van der Waals surface area contributed by atoms with Crippen LogP contribution in [0.3, 0.4) is 0 Å². The molecule has 4 N–H and O–H groups in total. The summed E-state index contributed by atoms with van der Waals surface area (Å²) in [5, 5.41) is 7.59. The standard InChI is InChI=1S/C10H13ClN4O2/c1-16-8-3-6(5-14-15-10(12)13)7(11)4-9(8)17-2/h3-5H,1-2H3,(H4,12,13,15). The Morgan fingerprint density at radius 2 is 1.82 bits per heavy atom. The van der Waals surface area contributed by atoms with E-state index in [0.29, 0.717) is 22.1 Å². The molecule has 1 aromatic carbocycles. The van der Waals surface area contributed by atoms with Crippen LogP contribution in [0.4, 0.5) is 0 Å². The molecule has 17 heavy (non-hydrogen) atoms. The molecule has 0 saturated carbocycles. The molecule has 0 spiro atoms. The first kappa shape index (κ1) is 13.1. The lowest BCUT2D eigenvalue weighted by atomic mass is 10.2. The Kier molecular flexibility index (Phi) is 4.59. The van der Waals surface area contributed by atoms with Crippen molar-refractivity contribution in [3.8, 4) is 11.5 Å². The summed E-state index contributed by atoms with van der Waals surface area (Å²) >= 11 is 6.01. The van der Waals surface area contributed by atoms with E-state index in [0.717, 1.165) is 0 Å². The Morgan fingerprint density at radius 1 is 1.24 bits per heavy atom. The summed E-state index contributed by atoms with van der Waals surface area (Å²) in [7, 11) is 3.06. The number of hydrogen-bond donors (Lipinski definition) is 2. The van der Waals surface area contributed by atoms with Crippen LogP contribution in [0.2, 0.25) is 5.02 Å². The van der Waals surface area contributed by atoms with Crippen LogP contribution in [-0.4, -0.2) is 26.4 Å². The van der Waals surface area contributed by atoms with Gasteiger partial charge in [0.05, 0.1) is 25.5 Å². The van der Waals surface area contributed by atoms with Crippen LogP contribution in [0.1, 0.15) is 5.56 Å². The van der Waals surface area contributed by atoms with E-state index in [1.165, 1.54) is 20.4 Å². The number of hydrogen-bond acceptors (Lipinski definition) is 4. The van der Waals surface area contributed by atoms with Crippen LogP contribution in [0, 0.1) is 0 Å². The van der Waals surface area contributed by atoms with Crippen molar-refractivity contribution in [2.24, 2.45) is 21.7 Å². The smallest absolute Gasteiger partial charge is 0.211 e. The Bertz CT molecular complexity index is 456. The van der Waals surface area contributed by atoms with E-state index >= 15 is 0 Å². The monoisotopic (exact) mass is 256 g/mol. The van der Waals surface area contributed by atoms with Crippen LogP contribution in [-0.2, 0) is 0 Å². The maximum absolute atomic E-state index is 6.01. The molecule has 0 saturated heterocycles. The molecule has 7 heteroatoms. The molecule has 92 valence electrons. The lowest BCUT2D eigenvalue weighted by molar-refractivity contribution is 0.355. The molecule has 0 aliphatic heterocycles. The number of nitrogens with two attached hydrogens (primary N) is 2. The Hall–Kier alpha value is -1.95. The lowest BCUT2D eigenvalue weighted by Gasteiger charge is -2.09. The molecular formula is C10H13ClN4O2. The number of rotatable bonds is 4. The molecular weight excluding hydrogens is 244 g/mol. The van der Waals surface area contributed by atoms with Gasteiger partial charge in [-0.1, -0.05) is 11.6 Å². The molecule has 0 amide bonds. The van der Waals surface area contributed by atoms with E-state index in [4.69, 9.17) is 32.5 Å². The summed E-state index contributed by atoms with van der Waals surface area (Å²) in [6.45, 7) is 0. The van der Waals surface area contributed by atoms with Crippen molar-refractivity contribution in [1.29, 1.82) is 0 Å². The van der Waals surface area contributed by atoms with Gasteiger partial charge in [-0.25, -0.2) is 0 Å². The third-order valence-electron chi connectivity index (χ3n) is 1.87. The normalized spacial score (nSPS) is 10.3. The van der Waals surface area contributed by atoms with Gasteiger partial charge >= 0.3 is 0 Å². The van der Waals surface area contributed by atoms with E-state index < -0.39 is 0 Å². The van der Waals surface area contributed by atoms with Crippen molar-refractivity contribution < 1.29 is 9.47 Å². The van der Waals surface area contributed by atoms with Crippen LogP contribution in [0.25, 0.3) is 0 Å². The summed E-state index contributed by atoms with van der Waals surface area (Å²) in [5.74, 6) is 0.956. The van der Waals surface area contributed by atoms with E-state index in [1.807, 2.05) is 0 Å².